The van der Waals surface area contributed by atoms with Gasteiger partial charge in [0.25, 0.3) is 0 Å². The number of hydrogen-bond donors (Lipinski definition) is 2. The molecule has 0 atom stereocenters. The van der Waals surface area contributed by atoms with Crippen molar-refractivity contribution in [1.29, 1.82) is 0 Å². The minimum absolute atomic E-state index is 0.0147. The molecule has 6 nitrogen and oxygen atoms in total. The fourth-order valence-electron chi connectivity index (χ4n) is 1.51. The summed E-state index contributed by atoms with van der Waals surface area (Å²) in [5.74, 6) is 1.08. The Morgan fingerprint density at radius 1 is 1.04 bits per heavy atom. The van der Waals surface area contributed by atoms with E-state index < -0.39 is 11.7 Å². The van der Waals surface area contributed by atoms with Crippen LogP contribution in [0.3, 0.4) is 0 Å². The number of nitrogens with one attached hydrogen (secondary N) is 2. The van der Waals surface area contributed by atoms with E-state index in [2.05, 4.69) is 17.6 Å². The van der Waals surface area contributed by atoms with Gasteiger partial charge in [-0.15, -0.1) is 0 Å². The van der Waals surface area contributed by atoms with E-state index in [1.54, 1.807) is 0 Å². The first-order valence-electron chi connectivity index (χ1n) is 8.24. The lowest BCUT2D eigenvalue weighted by atomic mass is 10.2. The molecule has 23 heavy (non-hydrogen) atoms. The standard InChI is InChI=1S/C16H32N2O4S/c1-5-6-10-21-11-7-8-17-14(19)13-23-12-9-18-15(20)22-16(2,3)4/h5-13H2,1-4H3,(H,17,19)(H,18,20). The van der Waals surface area contributed by atoms with Crippen LogP contribution in [-0.4, -0.2) is 55.4 Å². The second-order valence-corrected chi connectivity index (χ2v) is 7.26. The van der Waals surface area contributed by atoms with Crippen molar-refractivity contribution in [2.24, 2.45) is 0 Å². The van der Waals surface area contributed by atoms with E-state index in [1.807, 2.05) is 20.8 Å². The Morgan fingerprint density at radius 2 is 1.74 bits per heavy atom. The lowest BCUT2D eigenvalue weighted by Gasteiger charge is -2.19. The first kappa shape index (κ1) is 22.1. The molecule has 0 aromatic carbocycles. The first-order chi connectivity index (χ1) is 10.8. The van der Waals surface area contributed by atoms with E-state index in [0.29, 0.717) is 31.2 Å². The third-order valence-corrected chi connectivity index (χ3v) is 3.54. The van der Waals surface area contributed by atoms with Crippen molar-refractivity contribution in [3.63, 3.8) is 0 Å². The third-order valence-electron chi connectivity index (χ3n) is 2.58. The summed E-state index contributed by atoms with van der Waals surface area (Å²) >= 11 is 1.48. The van der Waals surface area contributed by atoms with Crippen molar-refractivity contribution in [1.82, 2.24) is 10.6 Å². The second-order valence-electron chi connectivity index (χ2n) is 6.15. The third kappa shape index (κ3) is 17.2. The Labute approximate surface area is 144 Å². The van der Waals surface area contributed by atoms with Crippen LogP contribution in [0.5, 0.6) is 0 Å². The summed E-state index contributed by atoms with van der Waals surface area (Å²) in [6.07, 6.45) is 2.63. The molecule has 2 amide bonds. The van der Waals surface area contributed by atoms with Crippen LogP contribution in [0.25, 0.3) is 0 Å². The molecule has 0 saturated carbocycles. The molecule has 0 aromatic rings. The van der Waals surface area contributed by atoms with Crippen LogP contribution in [0.2, 0.25) is 0 Å². The fraction of sp³-hybridized carbons (Fsp3) is 0.875. The molecule has 0 aromatic heterocycles. The van der Waals surface area contributed by atoms with Gasteiger partial charge in [0.1, 0.15) is 5.60 Å². The highest BCUT2D eigenvalue weighted by Crippen LogP contribution is 2.06. The van der Waals surface area contributed by atoms with Crippen molar-refractivity contribution in [2.75, 3.05) is 37.8 Å². The topological polar surface area (TPSA) is 76.7 Å². The van der Waals surface area contributed by atoms with Gasteiger partial charge >= 0.3 is 6.09 Å². The Kier molecular flexibility index (Phi) is 12.9. The number of unbranched alkanes of at least 4 members (excludes halogenated alkanes) is 1. The van der Waals surface area contributed by atoms with E-state index in [4.69, 9.17) is 9.47 Å². The zero-order valence-electron chi connectivity index (χ0n) is 14.9. The molecule has 0 fully saturated rings. The molecule has 0 rings (SSSR count). The van der Waals surface area contributed by atoms with Gasteiger partial charge in [-0.2, -0.15) is 11.8 Å². The Hall–Kier alpha value is -0.950. The minimum Gasteiger partial charge on any atom is -0.444 e. The summed E-state index contributed by atoms with van der Waals surface area (Å²) in [4.78, 5) is 23.0. The molecule has 0 radical (unpaired) electrons. The van der Waals surface area contributed by atoms with Crippen LogP contribution in [0.15, 0.2) is 0 Å². The largest absolute Gasteiger partial charge is 0.444 e. The number of thioether (sulfide) groups is 1. The van der Waals surface area contributed by atoms with Gasteiger partial charge in [-0.05, 0) is 33.6 Å². The highest BCUT2D eigenvalue weighted by molar-refractivity contribution is 7.99. The first-order valence-corrected chi connectivity index (χ1v) is 9.39. The minimum atomic E-state index is -0.489. The monoisotopic (exact) mass is 348 g/mol. The number of carbonyl (C=O) groups excluding carboxylic acids is 2. The SMILES string of the molecule is CCCCOCCCNC(=O)CSCCNC(=O)OC(C)(C)C. The predicted octanol–water partition coefficient (Wildman–Crippen LogP) is 2.57. The molecule has 0 aliphatic rings. The van der Waals surface area contributed by atoms with E-state index in [-0.39, 0.29) is 5.91 Å². The van der Waals surface area contributed by atoms with Crippen molar-refractivity contribution >= 4 is 23.8 Å². The summed E-state index contributed by atoms with van der Waals surface area (Å²) in [5.41, 5.74) is -0.489. The van der Waals surface area contributed by atoms with E-state index in [9.17, 15) is 9.59 Å². The van der Waals surface area contributed by atoms with Crippen molar-refractivity contribution in [3.8, 4) is 0 Å². The molecule has 0 aliphatic carbocycles. The average molecular weight is 349 g/mol. The summed E-state index contributed by atoms with van der Waals surface area (Å²) in [6.45, 7) is 10.2. The molecular formula is C16H32N2O4S. The molecular weight excluding hydrogens is 316 g/mol. The summed E-state index contributed by atoms with van der Waals surface area (Å²) in [5, 5.41) is 5.51. The van der Waals surface area contributed by atoms with E-state index in [1.165, 1.54) is 11.8 Å². The zero-order valence-corrected chi connectivity index (χ0v) is 15.7. The number of alkyl carbamates (subject to hydrolysis) is 1. The maximum Gasteiger partial charge on any atom is 0.407 e. The molecule has 0 saturated heterocycles. The number of amides is 2. The maximum absolute atomic E-state index is 11.6. The lowest BCUT2D eigenvalue weighted by molar-refractivity contribution is -0.118. The van der Waals surface area contributed by atoms with Gasteiger partial charge in [-0.3, -0.25) is 4.79 Å². The van der Waals surface area contributed by atoms with Gasteiger partial charge in [-0.25, -0.2) is 4.79 Å². The zero-order chi connectivity index (χ0) is 17.6. The van der Waals surface area contributed by atoms with Crippen molar-refractivity contribution < 1.29 is 19.1 Å². The fourth-order valence-corrected chi connectivity index (χ4v) is 2.18. The van der Waals surface area contributed by atoms with E-state index >= 15 is 0 Å². The Bertz CT molecular complexity index is 333. The van der Waals surface area contributed by atoms with E-state index in [0.717, 1.165) is 25.9 Å². The van der Waals surface area contributed by atoms with Gasteiger partial charge in [0.2, 0.25) is 5.91 Å². The number of carbonyl (C=O) groups is 2. The van der Waals surface area contributed by atoms with Crippen LogP contribution >= 0.6 is 11.8 Å². The molecule has 2 N–H and O–H groups in total. The average Bonchev–Trinajstić information content (AvgIpc) is 2.44. The van der Waals surface area contributed by atoms with Gasteiger partial charge in [-0.1, -0.05) is 13.3 Å². The van der Waals surface area contributed by atoms with Crippen LogP contribution < -0.4 is 10.6 Å². The second kappa shape index (κ2) is 13.5. The molecule has 7 heteroatoms. The normalized spacial score (nSPS) is 11.1. The van der Waals surface area contributed by atoms with Crippen molar-refractivity contribution in [2.45, 2.75) is 52.6 Å². The Morgan fingerprint density at radius 3 is 2.39 bits per heavy atom. The van der Waals surface area contributed by atoms with Crippen molar-refractivity contribution in [3.05, 3.63) is 0 Å². The quantitative estimate of drug-likeness (QED) is 0.530. The smallest absolute Gasteiger partial charge is 0.407 e. The summed E-state index contributed by atoms with van der Waals surface area (Å²) in [7, 11) is 0. The molecule has 0 bridgehead atoms. The maximum atomic E-state index is 11.6. The number of rotatable bonds is 12. The molecule has 0 spiro atoms. The molecule has 0 aliphatic heterocycles. The number of hydrogen-bond acceptors (Lipinski definition) is 5. The molecule has 136 valence electrons. The molecule has 0 heterocycles. The lowest BCUT2D eigenvalue weighted by Crippen LogP contribution is -2.34. The highest BCUT2D eigenvalue weighted by Gasteiger charge is 2.15. The number of ether oxygens (including phenoxy) is 2. The van der Waals surface area contributed by atoms with Crippen LogP contribution in [0.1, 0.15) is 47.0 Å². The van der Waals surface area contributed by atoms with Gasteiger partial charge in [0.05, 0.1) is 5.75 Å². The van der Waals surface area contributed by atoms with Gasteiger partial charge < -0.3 is 20.1 Å². The van der Waals surface area contributed by atoms with Crippen LogP contribution in [0, 0.1) is 0 Å². The predicted molar refractivity (Wildman–Crippen MR) is 94.9 cm³/mol. The molecule has 0 unspecified atom stereocenters. The highest BCUT2D eigenvalue weighted by atomic mass is 32.2. The van der Waals surface area contributed by atoms with Crippen LogP contribution in [0.4, 0.5) is 4.79 Å². The van der Waals surface area contributed by atoms with Crippen LogP contribution in [-0.2, 0) is 14.3 Å². The summed E-state index contributed by atoms with van der Waals surface area (Å²) < 4.78 is 10.5. The van der Waals surface area contributed by atoms with Gasteiger partial charge in [0, 0.05) is 32.1 Å². The summed E-state index contributed by atoms with van der Waals surface area (Å²) in [6, 6.07) is 0. The van der Waals surface area contributed by atoms with Gasteiger partial charge in [0.15, 0.2) is 0 Å². The Balaban J connectivity index is 3.38.